The summed E-state index contributed by atoms with van der Waals surface area (Å²) in [5.41, 5.74) is 1.22. The Balaban J connectivity index is 2.21. The zero-order valence-corrected chi connectivity index (χ0v) is 11.5. The quantitative estimate of drug-likeness (QED) is 0.633. The number of ether oxygens (including phenoxy) is 3. The van der Waals surface area contributed by atoms with Gasteiger partial charge in [-0.25, -0.2) is 4.79 Å². The number of esters is 1. The van der Waals surface area contributed by atoms with Crippen LogP contribution in [0.2, 0.25) is 0 Å². The average Bonchev–Trinajstić information content (AvgIpc) is 2.48. The van der Waals surface area contributed by atoms with Crippen LogP contribution in [0.3, 0.4) is 0 Å². The molecule has 0 saturated carbocycles. The Bertz CT molecular complexity index is 608. The second-order valence-corrected chi connectivity index (χ2v) is 4.09. The highest BCUT2D eigenvalue weighted by atomic mass is 16.6. The molecule has 0 N–H and O–H groups in total. The number of pyridine rings is 1. The Morgan fingerprint density at radius 1 is 1.05 bits per heavy atom. The Morgan fingerprint density at radius 2 is 1.85 bits per heavy atom. The zero-order chi connectivity index (χ0) is 14.5. The monoisotopic (exact) mass is 273 g/mol. The number of hydrogen-bond donors (Lipinski definition) is 0. The first-order chi connectivity index (χ1) is 9.63. The van der Waals surface area contributed by atoms with Crippen molar-refractivity contribution in [1.82, 2.24) is 4.98 Å². The summed E-state index contributed by atoms with van der Waals surface area (Å²) in [6.45, 7) is 1.85. The minimum absolute atomic E-state index is 0.332. The minimum atomic E-state index is -0.485. The molecule has 0 spiro atoms. The first-order valence-corrected chi connectivity index (χ1v) is 6.01. The Kier molecular flexibility index (Phi) is 4.20. The lowest BCUT2D eigenvalue weighted by Gasteiger charge is -2.10. The van der Waals surface area contributed by atoms with Gasteiger partial charge in [0.25, 0.3) is 0 Å². The van der Waals surface area contributed by atoms with Crippen molar-refractivity contribution >= 4 is 5.97 Å². The van der Waals surface area contributed by atoms with E-state index in [1.807, 2.05) is 6.92 Å². The maximum atomic E-state index is 12.0. The normalized spacial score (nSPS) is 9.95. The van der Waals surface area contributed by atoms with Crippen LogP contribution in [0.1, 0.15) is 16.1 Å². The second kappa shape index (κ2) is 6.06. The molecule has 1 aromatic carbocycles. The molecule has 20 heavy (non-hydrogen) atoms. The summed E-state index contributed by atoms with van der Waals surface area (Å²) in [6.07, 6.45) is 1.48. The third-order valence-electron chi connectivity index (χ3n) is 2.72. The van der Waals surface area contributed by atoms with Gasteiger partial charge in [-0.3, -0.25) is 4.98 Å². The van der Waals surface area contributed by atoms with Gasteiger partial charge < -0.3 is 14.2 Å². The third kappa shape index (κ3) is 3.06. The molecular weight excluding hydrogens is 258 g/mol. The van der Waals surface area contributed by atoms with Crippen molar-refractivity contribution in [2.75, 3.05) is 14.2 Å². The molecule has 0 atom stereocenters. The summed E-state index contributed by atoms with van der Waals surface area (Å²) in [5.74, 6) is 0.899. The van der Waals surface area contributed by atoms with Gasteiger partial charge in [-0.1, -0.05) is 0 Å². The van der Waals surface area contributed by atoms with Crippen molar-refractivity contribution in [3.8, 4) is 17.2 Å². The fourth-order valence-corrected chi connectivity index (χ4v) is 1.61. The molecule has 1 heterocycles. The summed E-state index contributed by atoms with van der Waals surface area (Å²) in [5, 5.41) is 0. The van der Waals surface area contributed by atoms with Crippen LogP contribution in [-0.2, 0) is 0 Å². The van der Waals surface area contributed by atoms with Crippen LogP contribution in [0.4, 0.5) is 0 Å². The highest BCUT2D eigenvalue weighted by Crippen LogP contribution is 2.31. The van der Waals surface area contributed by atoms with E-state index < -0.39 is 5.97 Å². The lowest BCUT2D eigenvalue weighted by Crippen LogP contribution is -2.09. The van der Waals surface area contributed by atoms with Gasteiger partial charge in [-0.05, 0) is 31.2 Å². The van der Waals surface area contributed by atoms with E-state index in [-0.39, 0.29) is 0 Å². The van der Waals surface area contributed by atoms with Crippen LogP contribution in [0, 0.1) is 6.92 Å². The topological polar surface area (TPSA) is 57.7 Å². The number of aromatic nitrogens is 1. The van der Waals surface area contributed by atoms with E-state index in [2.05, 4.69) is 4.98 Å². The van der Waals surface area contributed by atoms with Crippen LogP contribution >= 0.6 is 0 Å². The molecule has 0 aliphatic rings. The number of methoxy groups -OCH3 is 2. The van der Waals surface area contributed by atoms with Gasteiger partial charge in [-0.2, -0.15) is 0 Å². The molecule has 5 heteroatoms. The van der Waals surface area contributed by atoms with E-state index in [1.54, 1.807) is 37.4 Å². The van der Waals surface area contributed by atoms with Gasteiger partial charge in [0, 0.05) is 18.0 Å². The smallest absolute Gasteiger partial charge is 0.345 e. The van der Waals surface area contributed by atoms with E-state index in [9.17, 15) is 4.79 Å². The number of rotatable bonds is 4. The van der Waals surface area contributed by atoms with Crippen LogP contribution in [0.25, 0.3) is 0 Å². The number of aryl methyl sites for hydroxylation is 1. The first-order valence-electron chi connectivity index (χ1n) is 6.01. The molecule has 0 amide bonds. The van der Waals surface area contributed by atoms with Gasteiger partial charge in [0.1, 0.15) is 5.75 Å². The fourth-order valence-electron chi connectivity index (χ4n) is 1.61. The number of nitrogens with zero attached hydrogens (tertiary/aromatic N) is 1. The standard InChI is InChI=1S/C15H15NO4/c1-10-4-5-11(9-16-10)15(17)20-13-7-6-12(18-2)8-14(13)19-3/h4-9H,1-3H3. The van der Waals surface area contributed by atoms with Crippen molar-refractivity contribution < 1.29 is 19.0 Å². The van der Waals surface area contributed by atoms with Crippen molar-refractivity contribution in [1.29, 1.82) is 0 Å². The summed E-state index contributed by atoms with van der Waals surface area (Å²) in [6, 6.07) is 8.38. The van der Waals surface area contributed by atoms with Crippen LogP contribution in [0.15, 0.2) is 36.5 Å². The van der Waals surface area contributed by atoms with E-state index in [1.165, 1.54) is 13.3 Å². The molecule has 1 aromatic heterocycles. The van der Waals surface area contributed by atoms with E-state index >= 15 is 0 Å². The van der Waals surface area contributed by atoms with Gasteiger partial charge >= 0.3 is 5.97 Å². The molecule has 104 valence electrons. The van der Waals surface area contributed by atoms with Crippen LogP contribution in [0.5, 0.6) is 17.2 Å². The maximum Gasteiger partial charge on any atom is 0.345 e. The molecule has 0 aliphatic carbocycles. The minimum Gasteiger partial charge on any atom is -0.497 e. The molecule has 0 aliphatic heterocycles. The number of carbonyl (C=O) groups excluding carboxylic acids is 1. The molecule has 0 saturated heterocycles. The predicted octanol–water partition coefficient (Wildman–Crippen LogP) is 2.63. The van der Waals surface area contributed by atoms with Crippen LogP contribution < -0.4 is 14.2 Å². The Labute approximate surface area is 117 Å². The summed E-state index contributed by atoms with van der Waals surface area (Å²) in [7, 11) is 3.05. The first kappa shape index (κ1) is 13.9. The van der Waals surface area contributed by atoms with E-state index in [0.717, 1.165) is 5.69 Å². The molecule has 0 bridgehead atoms. The number of hydrogen-bond acceptors (Lipinski definition) is 5. The molecule has 2 aromatic rings. The lowest BCUT2D eigenvalue weighted by molar-refractivity contribution is 0.0729. The van der Waals surface area contributed by atoms with Gasteiger partial charge in [0.15, 0.2) is 11.5 Å². The van der Waals surface area contributed by atoms with Crippen molar-refractivity contribution in [3.63, 3.8) is 0 Å². The molecule has 0 radical (unpaired) electrons. The molecule has 2 rings (SSSR count). The summed E-state index contributed by atoms with van der Waals surface area (Å²) in [4.78, 5) is 16.1. The summed E-state index contributed by atoms with van der Waals surface area (Å²) < 4.78 is 15.6. The van der Waals surface area contributed by atoms with Gasteiger partial charge in [-0.15, -0.1) is 0 Å². The fraction of sp³-hybridized carbons (Fsp3) is 0.200. The molecule has 5 nitrogen and oxygen atoms in total. The van der Waals surface area contributed by atoms with Gasteiger partial charge in [0.2, 0.25) is 0 Å². The van der Waals surface area contributed by atoms with Crippen molar-refractivity contribution in [2.45, 2.75) is 6.92 Å². The maximum absolute atomic E-state index is 12.0. The Hall–Kier alpha value is -2.56. The highest BCUT2D eigenvalue weighted by molar-refractivity contribution is 5.91. The number of benzene rings is 1. The molecule has 0 unspecified atom stereocenters. The third-order valence-corrected chi connectivity index (χ3v) is 2.72. The average molecular weight is 273 g/mol. The Morgan fingerprint density at radius 3 is 2.45 bits per heavy atom. The van der Waals surface area contributed by atoms with Crippen LogP contribution in [-0.4, -0.2) is 25.2 Å². The lowest BCUT2D eigenvalue weighted by atomic mass is 10.2. The largest absolute Gasteiger partial charge is 0.497 e. The highest BCUT2D eigenvalue weighted by Gasteiger charge is 2.13. The summed E-state index contributed by atoms with van der Waals surface area (Å²) >= 11 is 0. The van der Waals surface area contributed by atoms with E-state index in [4.69, 9.17) is 14.2 Å². The second-order valence-electron chi connectivity index (χ2n) is 4.09. The molecular formula is C15H15NO4. The van der Waals surface area contributed by atoms with Gasteiger partial charge in [0.05, 0.1) is 19.8 Å². The number of carbonyl (C=O) groups is 1. The zero-order valence-electron chi connectivity index (χ0n) is 11.5. The van der Waals surface area contributed by atoms with E-state index in [0.29, 0.717) is 22.8 Å². The van der Waals surface area contributed by atoms with Crippen molar-refractivity contribution in [2.24, 2.45) is 0 Å². The predicted molar refractivity (Wildman–Crippen MR) is 73.5 cm³/mol. The van der Waals surface area contributed by atoms with Crippen molar-refractivity contribution in [3.05, 3.63) is 47.8 Å². The SMILES string of the molecule is COc1ccc(OC(=O)c2ccc(C)nc2)c(OC)c1. The molecule has 0 fully saturated rings.